The van der Waals surface area contributed by atoms with Gasteiger partial charge in [-0.25, -0.2) is 0 Å². The van der Waals surface area contributed by atoms with Gasteiger partial charge in [0.05, 0.1) is 0 Å². The molecule has 0 bridgehead atoms. The van der Waals surface area contributed by atoms with E-state index in [0.717, 1.165) is 33.8 Å². The summed E-state index contributed by atoms with van der Waals surface area (Å²) >= 11 is 0. The average Bonchev–Trinajstić information content (AvgIpc) is 2.68. The number of rotatable bonds is 5. The largest absolute Gasteiger partial charge is 0.343 e. The van der Waals surface area contributed by atoms with Crippen LogP contribution in [0.4, 0.5) is 5.69 Å². The number of nitrogens with zero attached hydrogens (tertiary/aromatic N) is 2. The number of carbonyl (C=O) groups is 1. The lowest BCUT2D eigenvalue weighted by Gasteiger charge is -2.20. The fraction of sp³-hybridized carbons (Fsp3) is 0.261. The Bertz CT molecular complexity index is 1070. The molecule has 3 aromatic rings. The van der Waals surface area contributed by atoms with E-state index in [0.29, 0.717) is 13.0 Å². The van der Waals surface area contributed by atoms with Crippen LogP contribution in [0.1, 0.15) is 45.4 Å². The molecule has 0 saturated heterocycles. The molecule has 5 nitrogen and oxygen atoms in total. The number of carbonyl (C=O) groups excluding carboxylic acids is 1. The molecule has 0 fully saturated rings. The van der Waals surface area contributed by atoms with Gasteiger partial charge in [-0.05, 0) is 62.1 Å². The van der Waals surface area contributed by atoms with Crippen LogP contribution in [-0.2, 0) is 13.0 Å². The van der Waals surface area contributed by atoms with Crippen molar-refractivity contribution in [2.24, 2.45) is 0 Å². The highest BCUT2D eigenvalue weighted by Gasteiger charge is 2.20. The Balaban J connectivity index is 2.05. The molecule has 2 heterocycles. The summed E-state index contributed by atoms with van der Waals surface area (Å²) in [6.07, 6.45) is 4.07. The van der Waals surface area contributed by atoms with Gasteiger partial charge in [-0.15, -0.1) is 0 Å². The molecule has 0 spiro atoms. The Morgan fingerprint density at radius 1 is 1.11 bits per heavy atom. The Kier molecular flexibility index (Phi) is 5.73. The minimum absolute atomic E-state index is 0.211. The summed E-state index contributed by atoms with van der Waals surface area (Å²) in [5, 5.41) is 2.93. The van der Waals surface area contributed by atoms with Crippen molar-refractivity contribution >= 4 is 11.6 Å². The van der Waals surface area contributed by atoms with E-state index in [2.05, 4.69) is 10.3 Å². The highest BCUT2D eigenvalue weighted by atomic mass is 16.2. The first-order valence-corrected chi connectivity index (χ1v) is 9.42. The van der Waals surface area contributed by atoms with Gasteiger partial charge in [-0.2, -0.15) is 0 Å². The monoisotopic (exact) mass is 375 g/mol. The van der Waals surface area contributed by atoms with Crippen LogP contribution in [-0.4, -0.2) is 15.5 Å². The van der Waals surface area contributed by atoms with Crippen molar-refractivity contribution in [3.63, 3.8) is 0 Å². The van der Waals surface area contributed by atoms with Crippen molar-refractivity contribution in [3.8, 4) is 0 Å². The maximum atomic E-state index is 13.1. The second-order valence-corrected chi connectivity index (χ2v) is 6.97. The SMILES string of the molecule is CCc1c(C(=O)Nc2cccc(C)c2C)c(=O)cc(C)n1Cc1ccncc1. The zero-order valence-corrected chi connectivity index (χ0v) is 16.7. The number of anilines is 1. The third kappa shape index (κ3) is 3.88. The lowest BCUT2D eigenvalue weighted by atomic mass is 10.1. The zero-order chi connectivity index (χ0) is 20.3. The van der Waals surface area contributed by atoms with Crippen molar-refractivity contribution in [1.29, 1.82) is 0 Å². The van der Waals surface area contributed by atoms with Crippen molar-refractivity contribution in [2.45, 2.75) is 40.7 Å². The molecule has 28 heavy (non-hydrogen) atoms. The van der Waals surface area contributed by atoms with E-state index in [1.165, 1.54) is 0 Å². The number of hydrogen-bond donors (Lipinski definition) is 1. The van der Waals surface area contributed by atoms with E-state index in [4.69, 9.17) is 0 Å². The van der Waals surface area contributed by atoms with Crippen molar-refractivity contribution in [2.75, 3.05) is 5.32 Å². The number of pyridine rings is 2. The lowest BCUT2D eigenvalue weighted by molar-refractivity contribution is 0.102. The predicted molar refractivity (Wildman–Crippen MR) is 112 cm³/mol. The van der Waals surface area contributed by atoms with Crippen molar-refractivity contribution in [3.05, 3.63) is 92.7 Å². The summed E-state index contributed by atoms with van der Waals surface area (Å²) in [5.41, 5.74) is 5.42. The van der Waals surface area contributed by atoms with E-state index in [1.807, 2.05) is 62.6 Å². The molecule has 1 N–H and O–H groups in total. The van der Waals surface area contributed by atoms with Crippen LogP contribution in [0.25, 0.3) is 0 Å². The van der Waals surface area contributed by atoms with Gasteiger partial charge in [0.2, 0.25) is 0 Å². The van der Waals surface area contributed by atoms with E-state index in [1.54, 1.807) is 18.5 Å². The van der Waals surface area contributed by atoms with Crippen molar-refractivity contribution < 1.29 is 4.79 Å². The predicted octanol–water partition coefficient (Wildman–Crippen LogP) is 4.03. The number of aryl methyl sites for hydroxylation is 2. The first-order chi connectivity index (χ1) is 13.4. The smallest absolute Gasteiger partial charge is 0.261 e. The third-order valence-corrected chi connectivity index (χ3v) is 5.13. The molecular formula is C23H25N3O2. The number of aromatic nitrogens is 2. The van der Waals surface area contributed by atoms with E-state index < -0.39 is 0 Å². The van der Waals surface area contributed by atoms with Gasteiger partial charge in [-0.3, -0.25) is 14.6 Å². The Morgan fingerprint density at radius 3 is 2.50 bits per heavy atom. The highest BCUT2D eigenvalue weighted by Crippen LogP contribution is 2.20. The van der Waals surface area contributed by atoms with Crippen LogP contribution in [0.15, 0.2) is 53.6 Å². The Labute approximate surface area is 165 Å². The quantitative estimate of drug-likeness (QED) is 0.732. The summed E-state index contributed by atoms with van der Waals surface area (Å²) in [5.74, 6) is -0.362. The molecule has 2 aromatic heterocycles. The first kappa shape index (κ1) is 19.5. The van der Waals surface area contributed by atoms with Crippen LogP contribution in [0.5, 0.6) is 0 Å². The molecule has 0 aliphatic carbocycles. The molecule has 0 aliphatic rings. The Morgan fingerprint density at radius 2 is 1.82 bits per heavy atom. The summed E-state index contributed by atoms with van der Waals surface area (Å²) in [4.78, 5) is 29.8. The summed E-state index contributed by atoms with van der Waals surface area (Å²) in [6, 6.07) is 11.2. The first-order valence-electron chi connectivity index (χ1n) is 9.42. The fourth-order valence-electron chi connectivity index (χ4n) is 3.40. The van der Waals surface area contributed by atoms with Gasteiger partial charge >= 0.3 is 0 Å². The number of hydrogen-bond acceptors (Lipinski definition) is 3. The number of benzene rings is 1. The van der Waals surface area contributed by atoms with E-state index >= 15 is 0 Å². The standard InChI is InChI=1S/C23H25N3O2/c1-5-20-22(23(28)25-19-8-6-7-15(2)17(19)4)21(27)13-16(3)26(20)14-18-9-11-24-12-10-18/h6-13H,5,14H2,1-4H3,(H,25,28). The maximum absolute atomic E-state index is 13.1. The molecule has 0 atom stereocenters. The van der Waals surface area contributed by atoms with Gasteiger partial charge in [0.15, 0.2) is 5.43 Å². The molecule has 144 valence electrons. The summed E-state index contributed by atoms with van der Waals surface area (Å²) in [7, 11) is 0. The molecule has 5 heteroatoms. The lowest BCUT2D eigenvalue weighted by Crippen LogP contribution is -2.28. The molecule has 0 radical (unpaired) electrons. The van der Waals surface area contributed by atoms with Crippen LogP contribution in [0.2, 0.25) is 0 Å². The fourth-order valence-corrected chi connectivity index (χ4v) is 3.40. The molecule has 1 amide bonds. The zero-order valence-electron chi connectivity index (χ0n) is 16.7. The van der Waals surface area contributed by atoms with Gasteiger partial charge in [0.1, 0.15) is 5.56 Å². The molecular weight excluding hydrogens is 350 g/mol. The minimum Gasteiger partial charge on any atom is -0.343 e. The van der Waals surface area contributed by atoms with Crippen LogP contribution < -0.4 is 10.7 Å². The molecule has 0 aliphatic heterocycles. The van der Waals surface area contributed by atoms with Crippen LogP contribution in [0.3, 0.4) is 0 Å². The van der Waals surface area contributed by atoms with Crippen molar-refractivity contribution in [1.82, 2.24) is 9.55 Å². The Hall–Kier alpha value is -3.21. The third-order valence-electron chi connectivity index (χ3n) is 5.13. The van der Waals surface area contributed by atoms with E-state index in [9.17, 15) is 9.59 Å². The molecule has 0 unspecified atom stereocenters. The number of amides is 1. The average molecular weight is 375 g/mol. The molecule has 1 aromatic carbocycles. The normalized spacial score (nSPS) is 10.7. The highest BCUT2D eigenvalue weighted by molar-refractivity contribution is 6.05. The van der Waals surface area contributed by atoms with Gasteiger partial charge < -0.3 is 9.88 Å². The molecule has 3 rings (SSSR count). The topological polar surface area (TPSA) is 64.0 Å². The second kappa shape index (κ2) is 8.21. The van der Waals surface area contributed by atoms with Gasteiger partial charge in [0.25, 0.3) is 5.91 Å². The van der Waals surface area contributed by atoms with Crippen LogP contribution in [0, 0.1) is 20.8 Å². The summed E-state index contributed by atoms with van der Waals surface area (Å²) in [6.45, 7) is 8.40. The molecule has 0 saturated carbocycles. The van der Waals surface area contributed by atoms with Gasteiger partial charge in [0, 0.05) is 42.1 Å². The summed E-state index contributed by atoms with van der Waals surface area (Å²) < 4.78 is 2.04. The van der Waals surface area contributed by atoms with Gasteiger partial charge in [-0.1, -0.05) is 19.1 Å². The maximum Gasteiger partial charge on any atom is 0.261 e. The minimum atomic E-state index is -0.362. The second-order valence-electron chi connectivity index (χ2n) is 6.97. The van der Waals surface area contributed by atoms with E-state index in [-0.39, 0.29) is 16.9 Å². The van der Waals surface area contributed by atoms with Crippen LogP contribution >= 0.6 is 0 Å². The number of nitrogens with one attached hydrogen (secondary N) is 1.